The first kappa shape index (κ1) is 18.0. The lowest BCUT2D eigenvalue weighted by Gasteiger charge is -2.24. The molecule has 1 fully saturated rings. The molecule has 1 saturated heterocycles. The van der Waals surface area contributed by atoms with E-state index in [-0.39, 0.29) is 12.1 Å². The molecule has 128 valence electrons. The molecule has 0 saturated carbocycles. The molecule has 6 heteroatoms. The predicted molar refractivity (Wildman–Crippen MR) is 90.6 cm³/mol. The summed E-state index contributed by atoms with van der Waals surface area (Å²) in [6.07, 6.45) is -0.109. The average Bonchev–Trinajstić information content (AvgIpc) is 2.92. The summed E-state index contributed by atoms with van der Waals surface area (Å²) >= 11 is 6.08. The van der Waals surface area contributed by atoms with Crippen molar-refractivity contribution in [3.8, 4) is 0 Å². The van der Waals surface area contributed by atoms with Gasteiger partial charge in [-0.05, 0) is 33.3 Å². The molecule has 0 aromatic heterocycles. The van der Waals surface area contributed by atoms with Crippen molar-refractivity contribution < 1.29 is 14.6 Å². The Hall–Kier alpha value is -1.30. The van der Waals surface area contributed by atoms with Gasteiger partial charge >= 0.3 is 6.09 Å². The van der Waals surface area contributed by atoms with Crippen molar-refractivity contribution >= 4 is 17.7 Å². The van der Waals surface area contributed by atoms with Crippen LogP contribution in [0.3, 0.4) is 0 Å². The van der Waals surface area contributed by atoms with Crippen LogP contribution in [0.5, 0.6) is 0 Å². The topological polar surface area (TPSA) is 61.8 Å². The molecule has 2 unspecified atom stereocenters. The van der Waals surface area contributed by atoms with Gasteiger partial charge in [0.25, 0.3) is 0 Å². The number of aliphatic hydroxyl groups is 1. The van der Waals surface area contributed by atoms with Crippen LogP contribution < -0.4 is 5.32 Å². The minimum atomic E-state index is -0.667. The Bertz CT molecular complexity index is 545. The van der Waals surface area contributed by atoms with Gasteiger partial charge in [0.2, 0.25) is 0 Å². The molecule has 5 nitrogen and oxygen atoms in total. The number of carbonyl (C=O) groups is 1. The molecule has 2 atom stereocenters. The highest BCUT2D eigenvalue weighted by Crippen LogP contribution is 2.22. The zero-order chi connectivity index (χ0) is 17.0. The van der Waals surface area contributed by atoms with Gasteiger partial charge in [0.15, 0.2) is 0 Å². The molecular formula is C17H25ClN2O3. The van der Waals surface area contributed by atoms with Crippen LogP contribution in [-0.2, 0) is 4.74 Å². The third kappa shape index (κ3) is 5.37. The van der Waals surface area contributed by atoms with Crippen LogP contribution in [0.4, 0.5) is 4.79 Å². The van der Waals surface area contributed by atoms with Gasteiger partial charge in [0.1, 0.15) is 5.60 Å². The first-order chi connectivity index (χ1) is 10.8. The number of hydrogen-bond acceptors (Lipinski definition) is 4. The fourth-order valence-corrected chi connectivity index (χ4v) is 2.81. The van der Waals surface area contributed by atoms with Crippen LogP contribution in [-0.4, -0.2) is 47.4 Å². The number of halogens is 1. The summed E-state index contributed by atoms with van der Waals surface area (Å²) in [5, 5.41) is 14.1. The number of aliphatic hydroxyl groups excluding tert-OH is 1. The first-order valence-electron chi connectivity index (χ1n) is 7.90. The molecule has 1 aromatic rings. The first-order valence-corrected chi connectivity index (χ1v) is 8.28. The number of ether oxygens (including phenoxy) is 1. The lowest BCUT2D eigenvalue weighted by Crippen LogP contribution is -2.39. The average molecular weight is 341 g/mol. The normalized spacial score (nSPS) is 19.7. The summed E-state index contributed by atoms with van der Waals surface area (Å²) in [4.78, 5) is 13.7. The van der Waals surface area contributed by atoms with E-state index in [1.54, 1.807) is 11.0 Å². The quantitative estimate of drug-likeness (QED) is 0.884. The maximum absolute atomic E-state index is 12.0. The molecule has 1 amide bonds. The summed E-state index contributed by atoms with van der Waals surface area (Å²) in [7, 11) is 0. The van der Waals surface area contributed by atoms with Crippen molar-refractivity contribution in [3.05, 3.63) is 34.9 Å². The summed E-state index contributed by atoms with van der Waals surface area (Å²) in [5.74, 6) is 0. The fourth-order valence-electron chi connectivity index (χ4n) is 2.55. The molecule has 1 heterocycles. The number of benzene rings is 1. The van der Waals surface area contributed by atoms with Crippen LogP contribution in [0.2, 0.25) is 5.02 Å². The molecule has 0 radical (unpaired) electrons. The Morgan fingerprint density at radius 2 is 2.17 bits per heavy atom. The zero-order valence-corrected chi connectivity index (χ0v) is 14.6. The van der Waals surface area contributed by atoms with Crippen molar-refractivity contribution in [3.63, 3.8) is 0 Å². The Morgan fingerprint density at radius 1 is 1.48 bits per heavy atom. The molecule has 2 N–H and O–H groups in total. The van der Waals surface area contributed by atoms with E-state index >= 15 is 0 Å². The van der Waals surface area contributed by atoms with E-state index in [1.807, 2.05) is 39.0 Å². The lowest BCUT2D eigenvalue weighted by atomic mass is 10.1. The number of nitrogens with one attached hydrogen (secondary N) is 1. The van der Waals surface area contributed by atoms with Gasteiger partial charge in [-0.3, -0.25) is 0 Å². The van der Waals surface area contributed by atoms with E-state index in [4.69, 9.17) is 16.3 Å². The number of rotatable bonds is 4. The van der Waals surface area contributed by atoms with Gasteiger partial charge < -0.3 is 20.1 Å². The number of amides is 1. The van der Waals surface area contributed by atoms with Crippen molar-refractivity contribution in [2.45, 2.75) is 44.9 Å². The van der Waals surface area contributed by atoms with E-state index in [9.17, 15) is 9.90 Å². The van der Waals surface area contributed by atoms with Crippen LogP contribution in [0.25, 0.3) is 0 Å². The Kier molecular flexibility index (Phi) is 5.89. The molecule has 0 spiro atoms. The molecule has 1 aliphatic rings. The van der Waals surface area contributed by atoms with E-state index in [1.165, 1.54) is 0 Å². The van der Waals surface area contributed by atoms with Gasteiger partial charge in [0.05, 0.1) is 6.10 Å². The number of likely N-dealkylation sites (tertiary alicyclic amines) is 1. The Balaban J connectivity index is 1.80. The summed E-state index contributed by atoms with van der Waals surface area (Å²) in [6.45, 7) is 7.22. The van der Waals surface area contributed by atoms with Crippen molar-refractivity contribution in [2.24, 2.45) is 0 Å². The fraction of sp³-hybridized carbons (Fsp3) is 0.588. The highest BCUT2D eigenvalue weighted by atomic mass is 35.5. The summed E-state index contributed by atoms with van der Waals surface area (Å²) < 4.78 is 5.37. The zero-order valence-electron chi connectivity index (χ0n) is 13.9. The van der Waals surface area contributed by atoms with Gasteiger partial charge in [-0.2, -0.15) is 0 Å². The van der Waals surface area contributed by atoms with E-state index in [0.29, 0.717) is 30.2 Å². The largest absolute Gasteiger partial charge is 0.444 e. The third-order valence-electron chi connectivity index (χ3n) is 3.70. The van der Waals surface area contributed by atoms with E-state index in [0.717, 1.165) is 6.42 Å². The van der Waals surface area contributed by atoms with Gasteiger partial charge in [-0.1, -0.05) is 29.8 Å². The minimum Gasteiger partial charge on any atom is -0.444 e. The van der Waals surface area contributed by atoms with Crippen LogP contribution in [0, 0.1) is 0 Å². The maximum Gasteiger partial charge on any atom is 0.410 e. The van der Waals surface area contributed by atoms with Crippen LogP contribution >= 0.6 is 11.6 Å². The number of nitrogens with zero attached hydrogens (tertiary/aromatic N) is 1. The lowest BCUT2D eigenvalue weighted by molar-refractivity contribution is 0.0290. The third-order valence-corrected chi connectivity index (χ3v) is 4.05. The van der Waals surface area contributed by atoms with Gasteiger partial charge in [0, 0.05) is 36.3 Å². The van der Waals surface area contributed by atoms with Crippen molar-refractivity contribution in [1.29, 1.82) is 0 Å². The Labute approximate surface area is 142 Å². The molecular weight excluding hydrogens is 316 g/mol. The van der Waals surface area contributed by atoms with Gasteiger partial charge in [-0.25, -0.2) is 4.79 Å². The molecule has 1 aliphatic heterocycles. The summed E-state index contributed by atoms with van der Waals surface area (Å²) in [5.41, 5.74) is 0.228. The van der Waals surface area contributed by atoms with Crippen molar-refractivity contribution in [1.82, 2.24) is 10.2 Å². The maximum atomic E-state index is 12.0. The molecule has 23 heavy (non-hydrogen) atoms. The van der Waals surface area contributed by atoms with E-state index < -0.39 is 11.7 Å². The highest BCUT2D eigenvalue weighted by molar-refractivity contribution is 6.31. The molecule has 2 rings (SSSR count). The molecule has 0 bridgehead atoms. The number of hydrogen-bond donors (Lipinski definition) is 2. The molecule has 0 aliphatic carbocycles. The minimum absolute atomic E-state index is 0.152. The number of carbonyl (C=O) groups excluding carboxylic acids is 1. The molecule has 1 aromatic carbocycles. The standard InChI is InChI=1S/C17H25ClN2O3/c1-17(2,3)23-16(22)20-9-8-12(11-20)19-10-15(21)13-6-4-5-7-14(13)18/h4-7,12,15,19,21H,8-11H2,1-3H3. The second-order valence-electron chi connectivity index (χ2n) is 6.86. The second kappa shape index (κ2) is 7.51. The smallest absolute Gasteiger partial charge is 0.410 e. The highest BCUT2D eigenvalue weighted by Gasteiger charge is 2.29. The van der Waals surface area contributed by atoms with Gasteiger partial charge in [-0.15, -0.1) is 0 Å². The van der Waals surface area contributed by atoms with Crippen molar-refractivity contribution in [2.75, 3.05) is 19.6 Å². The van der Waals surface area contributed by atoms with Crippen LogP contribution in [0.1, 0.15) is 38.9 Å². The SMILES string of the molecule is CC(C)(C)OC(=O)N1CCC(NCC(O)c2ccccc2Cl)C1. The summed E-state index contributed by atoms with van der Waals surface area (Å²) in [6, 6.07) is 7.42. The Morgan fingerprint density at radius 3 is 2.83 bits per heavy atom. The predicted octanol–water partition coefficient (Wildman–Crippen LogP) is 2.97. The monoisotopic (exact) mass is 340 g/mol. The van der Waals surface area contributed by atoms with Crippen LogP contribution in [0.15, 0.2) is 24.3 Å². The second-order valence-corrected chi connectivity index (χ2v) is 7.26. The van der Waals surface area contributed by atoms with E-state index in [2.05, 4.69) is 5.32 Å².